The molecule has 0 atom stereocenters. The van der Waals surface area contributed by atoms with Crippen LogP contribution in [0.3, 0.4) is 0 Å². The normalized spacial score (nSPS) is 15.9. The summed E-state index contributed by atoms with van der Waals surface area (Å²) in [4.78, 5) is 36.7. The second-order valence-electron chi connectivity index (χ2n) is 4.73. The summed E-state index contributed by atoms with van der Waals surface area (Å²) in [7, 11) is 0. The number of carbonyl (C=O) groups excluding carboxylic acids is 3. The topological polar surface area (TPSA) is 93.1 Å². The fourth-order valence-corrected chi connectivity index (χ4v) is 2.85. The number of esters is 1. The van der Waals surface area contributed by atoms with Gasteiger partial charge in [-0.3, -0.25) is 19.3 Å². The Labute approximate surface area is 143 Å². The predicted octanol–water partition coefficient (Wildman–Crippen LogP) is 2.39. The molecule has 2 amide bonds. The molecule has 0 aliphatic carbocycles. The third kappa shape index (κ3) is 4.08. The van der Waals surface area contributed by atoms with Gasteiger partial charge in [0.1, 0.15) is 6.54 Å². The van der Waals surface area contributed by atoms with E-state index in [2.05, 4.69) is 0 Å². The third-order valence-electron chi connectivity index (χ3n) is 3.05. The second kappa shape index (κ2) is 7.87. The molecule has 0 saturated carbocycles. The molecule has 0 spiro atoms. The van der Waals surface area contributed by atoms with Gasteiger partial charge in [0.2, 0.25) is 0 Å². The molecular formula is C16H17NO6S. The van der Waals surface area contributed by atoms with Crippen LogP contribution < -0.4 is 4.74 Å². The van der Waals surface area contributed by atoms with Gasteiger partial charge in [0.05, 0.1) is 18.1 Å². The van der Waals surface area contributed by atoms with E-state index < -0.39 is 23.7 Å². The fourth-order valence-electron chi connectivity index (χ4n) is 2.02. The molecule has 0 bridgehead atoms. The number of imide groups is 1. The summed E-state index contributed by atoms with van der Waals surface area (Å²) < 4.78 is 10.0. The van der Waals surface area contributed by atoms with Gasteiger partial charge in [0.25, 0.3) is 11.1 Å². The highest BCUT2D eigenvalue weighted by atomic mass is 32.2. The molecule has 8 heteroatoms. The van der Waals surface area contributed by atoms with Crippen LogP contribution in [0.5, 0.6) is 11.5 Å². The van der Waals surface area contributed by atoms with Crippen molar-refractivity contribution in [2.24, 2.45) is 0 Å². The van der Waals surface area contributed by atoms with Crippen molar-refractivity contribution in [2.45, 2.75) is 13.8 Å². The first kappa shape index (κ1) is 17.9. The first-order chi connectivity index (χ1) is 11.5. The van der Waals surface area contributed by atoms with Gasteiger partial charge in [-0.05, 0) is 49.4 Å². The predicted molar refractivity (Wildman–Crippen MR) is 88.6 cm³/mol. The maximum atomic E-state index is 12.3. The molecule has 0 radical (unpaired) electrons. The van der Waals surface area contributed by atoms with Crippen LogP contribution in [0.15, 0.2) is 23.1 Å². The number of amides is 2. The number of benzene rings is 1. The number of rotatable bonds is 6. The Morgan fingerprint density at radius 1 is 1.29 bits per heavy atom. The SMILES string of the molecule is CCOC(=O)CN1C(=O)S/C(=C\c2ccc(O)c(OCC)c2)C1=O. The minimum Gasteiger partial charge on any atom is -0.504 e. The molecule has 1 saturated heterocycles. The van der Waals surface area contributed by atoms with Crippen LogP contribution in [-0.4, -0.2) is 46.9 Å². The van der Waals surface area contributed by atoms with Crippen LogP contribution in [0.2, 0.25) is 0 Å². The van der Waals surface area contributed by atoms with Crippen LogP contribution in [-0.2, 0) is 14.3 Å². The van der Waals surface area contributed by atoms with Crippen molar-refractivity contribution in [3.05, 3.63) is 28.7 Å². The zero-order chi connectivity index (χ0) is 17.7. The number of hydrogen-bond acceptors (Lipinski definition) is 7. The van der Waals surface area contributed by atoms with E-state index >= 15 is 0 Å². The molecule has 128 valence electrons. The molecular weight excluding hydrogens is 334 g/mol. The summed E-state index contributed by atoms with van der Waals surface area (Å²) in [5.74, 6) is -0.908. The summed E-state index contributed by atoms with van der Waals surface area (Å²) in [6.45, 7) is 3.58. The summed E-state index contributed by atoms with van der Waals surface area (Å²) in [6, 6.07) is 4.61. The van der Waals surface area contributed by atoms with E-state index in [1.165, 1.54) is 12.1 Å². The molecule has 2 rings (SSSR count). The molecule has 0 aromatic heterocycles. The van der Waals surface area contributed by atoms with Gasteiger partial charge >= 0.3 is 5.97 Å². The first-order valence-electron chi connectivity index (χ1n) is 7.33. The standard InChI is InChI=1S/C16H17NO6S/c1-3-22-12-7-10(5-6-11(12)18)8-13-15(20)17(16(21)24-13)9-14(19)23-4-2/h5-8,18H,3-4,9H2,1-2H3/b13-8-. The minimum absolute atomic E-state index is 0.00980. The van der Waals surface area contributed by atoms with Gasteiger partial charge in [-0.25, -0.2) is 0 Å². The lowest BCUT2D eigenvalue weighted by Gasteiger charge is -2.10. The molecule has 1 N–H and O–H groups in total. The molecule has 24 heavy (non-hydrogen) atoms. The van der Waals surface area contributed by atoms with E-state index in [-0.39, 0.29) is 23.0 Å². The fraction of sp³-hybridized carbons (Fsp3) is 0.312. The van der Waals surface area contributed by atoms with Gasteiger partial charge in [-0.1, -0.05) is 6.07 Å². The highest BCUT2D eigenvalue weighted by Crippen LogP contribution is 2.34. The van der Waals surface area contributed by atoms with E-state index in [1.807, 2.05) is 0 Å². The van der Waals surface area contributed by atoms with E-state index in [4.69, 9.17) is 9.47 Å². The average molecular weight is 351 g/mol. The Bertz CT molecular complexity index is 700. The third-order valence-corrected chi connectivity index (χ3v) is 3.95. The number of ether oxygens (including phenoxy) is 2. The van der Waals surface area contributed by atoms with Crippen molar-refractivity contribution >= 4 is 35.0 Å². The monoisotopic (exact) mass is 351 g/mol. The van der Waals surface area contributed by atoms with Crippen molar-refractivity contribution in [3.63, 3.8) is 0 Å². The van der Waals surface area contributed by atoms with Crippen molar-refractivity contribution < 1.29 is 29.0 Å². The van der Waals surface area contributed by atoms with Crippen LogP contribution in [0.4, 0.5) is 4.79 Å². The lowest BCUT2D eigenvalue weighted by atomic mass is 10.2. The van der Waals surface area contributed by atoms with E-state index in [9.17, 15) is 19.5 Å². The summed E-state index contributed by atoms with van der Waals surface area (Å²) >= 11 is 0.748. The minimum atomic E-state index is -0.635. The highest BCUT2D eigenvalue weighted by molar-refractivity contribution is 8.18. The molecule has 1 fully saturated rings. The van der Waals surface area contributed by atoms with Crippen LogP contribution in [0, 0.1) is 0 Å². The molecule has 1 heterocycles. The van der Waals surface area contributed by atoms with E-state index in [0.717, 1.165) is 16.7 Å². The summed E-state index contributed by atoms with van der Waals surface area (Å²) in [5.41, 5.74) is 0.595. The lowest BCUT2D eigenvalue weighted by molar-refractivity contribution is -0.145. The largest absolute Gasteiger partial charge is 0.504 e. The quantitative estimate of drug-likeness (QED) is 0.621. The maximum Gasteiger partial charge on any atom is 0.326 e. The molecule has 7 nitrogen and oxygen atoms in total. The Morgan fingerprint density at radius 3 is 2.71 bits per heavy atom. The zero-order valence-corrected chi connectivity index (χ0v) is 14.1. The Morgan fingerprint density at radius 2 is 2.04 bits per heavy atom. The molecule has 1 aromatic rings. The smallest absolute Gasteiger partial charge is 0.326 e. The average Bonchev–Trinajstić information content (AvgIpc) is 2.79. The van der Waals surface area contributed by atoms with Gasteiger partial charge in [-0.15, -0.1) is 0 Å². The first-order valence-corrected chi connectivity index (χ1v) is 8.14. The second-order valence-corrected chi connectivity index (χ2v) is 5.73. The highest BCUT2D eigenvalue weighted by Gasteiger charge is 2.36. The van der Waals surface area contributed by atoms with E-state index in [1.54, 1.807) is 26.0 Å². The summed E-state index contributed by atoms with van der Waals surface area (Å²) in [5, 5.41) is 9.16. The van der Waals surface area contributed by atoms with Crippen LogP contribution in [0.1, 0.15) is 19.4 Å². The molecule has 1 aromatic carbocycles. The number of carbonyl (C=O) groups is 3. The van der Waals surface area contributed by atoms with Crippen LogP contribution >= 0.6 is 11.8 Å². The van der Waals surface area contributed by atoms with Crippen molar-refractivity contribution in [1.29, 1.82) is 0 Å². The van der Waals surface area contributed by atoms with Crippen LogP contribution in [0.25, 0.3) is 6.08 Å². The Balaban J connectivity index is 2.19. The molecule has 1 aliphatic rings. The van der Waals surface area contributed by atoms with Gasteiger partial charge in [-0.2, -0.15) is 0 Å². The number of phenolic OH excluding ortho intramolecular Hbond substituents is 1. The number of hydrogen-bond donors (Lipinski definition) is 1. The number of nitrogens with zero attached hydrogens (tertiary/aromatic N) is 1. The van der Waals surface area contributed by atoms with Crippen molar-refractivity contribution in [3.8, 4) is 11.5 Å². The van der Waals surface area contributed by atoms with Gasteiger partial charge in [0, 0.05) is 0 Å². The van der Waals surface area contributed by atoms with Gasteiger partial charge in [0.15, 0.2) is 11.5 Å². The lowest BCUT2D eigenvalue weighted by Crippen LogP contribution is -2.34. The van der Waals surface area contributed by atoms with E-state index in [0.29, 0.717) is 12.2 Å². The van der Waals surface area contributed by atoms with Crippen molar-refractivity contribution in [1.82, 2.24) is 4.90 Å². The van der Waals surface area contributed by atoms with Crippen molar-refractivity contribution in [2.75, 3.05) is 19.8 Å². The Hall–Kier alpha value is -2.48. The number of aromatic hydroxyl groups is 1. The molecule has 0 unspecified atom stereocenters. The molecule has 1 aliphatic heterocycles. The Kier molecular flexibility index (Phi) is 5.86. The van der Waals surface area contributed by atoms with Gasteiger partial charge < -0.3 is 14.6 Å². The zero-order valence-electron chi connectivity index (χ0n) is 13.3. The number of thioether (sulfide) groups is 1. The summed E-state index contributed by atoms with van der Waals surface area (Å²) in [6.07, 6.45) is 1.51. The number of phenols is 1. The maximum absolute atomic E-state index is 12.3.